The zero-order chi connectivity index (χ0) is 19.7. The Morgan fingerprint density at radius 3 is 2.36 bits per heavy atom. The minimum Gasteiger partial charge on any atom is -0.378 e. The number of carbonyl (C=O) groups excluding carboxylic acids is 1. The van der Waals surface area contributed by atoms with Crippen LogP contribution in [0.15, 0.2) is 53.1 Å². The van der Waals surface area contributed by atoms with Crippen LogP contribution in [0.25, 0.3) is 6.08 Å². The summed E-state index contributed by atoms with van der Waals surface area (Å²) in [4.78, 5) is 15.2. The highest BCUT2D eigenvalue weighted by Crippen LogP contribution is 2.31. The third-order valence-electron chi connectivity index (χ3n) is 4.79. The Labute approximate surface area is 173 Å². The zero-order valence-corrected chi connectivity index (χ0v) is 16.9. The molecule has 1 fully saturated rings. The molecule has 2 aromatic carbocycles. The Balaban J connectivity index is 1.55. The minimum absolute atomic E-state index is 0.187. The summed E-state index contributed by atoms with van der Waals surface area (Å²) in [6.45, 7) is 5.11. The number of carbonyl (C=O) groups is 1. The van der Waals surface area contributed by atoms with E-state index < -0.39 is 0 Å². The van der Waals surface area contributed by atoms with Gasteiger partial charge in [0.05, 0.1) is 40.2 Å². The van der Waals surface area contributed by atoms with E-state index in [4.69, 9.17) is 27.9 Å². The topological polar surface area (TPSA) is 45.1 Å². The van der Waals surface area contributed by atoms with Crippen molar-refractivity contribution in [3.8, 4) is 0 Å². The summed E-state index contributed by atoms with van der Waals surface area (Å²) in [5.41, 5.74) is 3.92. The highest BCUT2D eigenvalue weighted by molar-refractivity contribution is 6.42. The number of amides is 1. The van der Waals surface area contributed by atoms with Gasteiger partial charge >= 0.3 is 0 Å². The number of halogens is 2. The summed E-state index contributed by atoms with van der Waals surface area (Å²) < 4.78 is 5.40. The fourth-order valence-corrected chi connectivity index (χ4v) is 3.54. The maximum absolute atomic E-state index is 12.9. The predicted molar refractivity (Wildman–Crippen MR) is 115 cm³/mol. The molecule has 1 saturated heterocycles. The number of hydrogen-bond acceptors (Lipinski definition) is 4. The van der Waals surface area contributed by atoms with E-state index in [-0.39, 0.29) is 5.91 Å². The van der Waals surface area contributed by atoms with Crippen molar-refractivity contribution in [1.29, 1.82) is 0 Å². The van der Waals surface area contributed by atoms with Gasteiger partial charge in [-0.1, -0.05) is 35.3 Å². The van der Waals surface area contributed by atoms with E-state index in [9.17, 15) is 4.79 Å². The van der Waals surface area contributed by atoms with Crippen molar-refractivity contribution >= 4 is 52.3 Å². The van der Waals surface area contributed by atoms with E-state index in [1.165, 1.54) is 5.01 Å². The lowest BCUT2D eigenvalue weighted by molar-refractivity contribution is -0.114. The first-order valence-corrected chi connectivity index (χ1v) is 9.78. The van der Waals surface area contributed by atoms with Crippen LogP contribution in [0.2, 0.25) is 10.0 Å². The lowest BCUT2D eigenvalue weighted by atomic mass is 10.1. The van der Waals surface area contributed by atoms with Gasteiger partial charge in [0, 0.05) is 18.8 Å². The standard InChI is InChI=1S/C21H19Cl2N3O2/c1-14-18(21(27)26(24-14)17-6-7-19(22)20(23)13-17)12-15-2-4-16(5-3-15)25-8-10-28-11-9-25/h2-7,12-13H,8-11H2,1H3/b18-12+. The second-order valence-corrected chi connectivity index (χ2v) is 7.46. The van der Waals surface area contributed by atoms with Crippen molar-refractivity contribution in [3.63, 3.8) is 0 Å². The minimum atomic E-state index is -0.187. The molecule has 4 rings (SSSR count). The molecule has 0 atom stereocenters. The summed E-state index contributed by atoms with van der Waals surface area (Å²) in [6.07, 6.45) is 1.86. The smallest absolute Gasteiger partial charge is 0.280 e. The van der Waals surface area contributed by atoms with Crippen LogP contribution in [0.1, 0.15) is 12.5 Å². The molecule has 2 heterocycles. The van der Waals surface area contributed by atoms with E-state index in [1.54, 1.807) is 18.2 Å². The van der Waals surface area contributed by atoms with Crippen LogP contribution in [0.3, 0.4) is 0 Å². The average molecular weight is 416 g/mol. The monoisotopic (exact) mass is 415 g/mol. The van der Waals surface area contributed by atoms with Gasteiger partial charge in [0.1, 0.15) is 0 Å². The third kappa shape index (κ3) is 3.78. The van der Waals surface area contributed by atoms with Gasteiger partial charge in [0.15, 0.2) is 0 Å². The molecule has 0 bridgehead atoms. The van der Waals surface area contributed by atoms with Crippen molar-refractivity contribution < 1.29 is 9.53 Å². The number of hydrogen-bond donors (Lipinski definition) is 0. The molecular weight excluding hydrogens is 397 g/mol. The van der Waals surface area contributed by atoms with Crippen LogP contribution < -0.4 is 9.91 Å². The summed E-state index contributed by atoms with van der Waals surface area (Å²) in [5.74, 6) is -0.187. The first-order valence-electron chi connectivity index (χ1n) is 9.02. The molecule has 28 heavy (non-hydrogen) atoms. The molecule has 144 valence electrons. The average Bonchev–Trinajstić information content (AvgIpc) is 2.99. The third-order valence-corrected chi connectivity index (χ3v) is 5.53. The molecule has 0 N–H and O–H groups in total. The van der Waals surface area contributed by atoms with Crippen LogP contribution in [-0.4, -0.2) is 37.9 Å². The van der Waals surface area contributed by atoms with E-state index in [0.29, 0.717) is 27.0 Å². The van der Waals surface area contributed by atoms with Gasteiger partial charge in [-0.2, -0.15) is 10.1 Å². The molecule has 2 aromatic rings. The number of hydrazone groups is 1. The molecule has 0 aromatic heterocycles. The van der Waals surface area contributed by atoms with Gasteiger partial charge < -0.3 is 9.64 Å². The summed E-state index contributed by atoms with van der Waals surface area (Å²) in [5, 5.41) is 6.56. The molecule has 1 amide bonds. The Morgan fingerprint density at radius 1 is 1.00 bits per heavy atom. The second-order valence-electron chi connectivity index (χ2n) is 6.65. The first kappa shape index (κ1) is 19.0. The van der Waals surface area contributed by atoms with E-state index in [1.807, 2.05) is 25.1 Å². The van der Waals surface area contributed by atoms with E-state index in [2.05, 4.69) is 22.1 Å². The van der Waals surface area contributed by atoms with Crippen LogP contribution in [0.4, 0.5) is 11.4 Å². The van der Waals surface area contributed by atoms with Crippen molar-refractivity contribution in [2.24, 2.45) is 5.10 Å². The molecule has 0 spiro atoms. The Kier molecular flexibility index (Phi) is 5.40. The SMILES string of the molecule is CC1=NN(c2ccc(Cl)c(Cl)c2)C(=O)/C1=C/c1ccc(N2CCOCC2)cc1. The summed E-state index contributed by atoms with van der Waals surface area (Å²) >= 11 is 12.0. The number of nitrogens with zero attached hydrogens (tertiary/aromatic N) is 3. The van der Waals surface area contributed by atoms with Gasteiger partial charge in [-0.3, -0.25) is 4.79 Å². The van der Waals surface area contributed by atoms with E-state index in [0.717, 1.165) is 37.6 Å². The Morgan fingerprint density at radius 2 is 1.68 bits per heavy atom. The molecule has 2 aliphatic rings. The van der Waals surface area contributed by atoms with Gasteiger partial charge in [-0.05, 0) is 48.9 Å². The molecule has 0 saturated carbocycles. The van der Waals surface area contributed by atoms with Crippen molar-refractivity contribution in [1.82, 2.24) is 0 Å². The molecule has 0 aliphatic carbocycles. The number of rotatable bonds is 3. The van der Waals surface area contributed by atoms with Crippen LogP contribution in [0.5, 0.6) is 0 Å². The highest BCUT2D eigenvalue weighted by Gasteiger charge is 2.29. The first-order chi connectivity index (χ1) is 13.5. The number of anilines is 2. The van der Waals surface area contributed by atoms with Gasteiger partial charge in [0.25, 0.3) is 5.91 Å². The number of ether oxygens (including phenoxy) is 1. The predicted octanol–water partition coefficient (Wildman–Crippen LogP) is 4.64. The highest BCUT2D eigenvalue weighted by atomic mass is 35.5. The Bertz CT molecular complexity index is 964. The lowest BCUT2D eigenvalue weighted by Crippen LogP contribution is -2.36. The molecule has 5 nitrogen and oxygen atoms in total. The molecule has 0 unspecified atom stereocenters. The van der Waals surface area contributed by atoms with Crippen LogP contribution in [0, 0.1) is 0 Å². The number of benzene rings is 2. The number of morpholine rings is 1. The quantitative estimate of drug-likeness (QED) is 0.686. The molecular formula is C21H19Cl2N3O2. The largest absolute Gasteiger partial charge is 0.378 e. The van der Waals surface area contributed by atoms with E-state index >= 15 is 0 Å². The fourth-order valence-electron chi connectivity index (χ4n) is 3.25. The van der Waals surface area contributed by atoms with Crippen molar-refractivity contribution in [2.45, 2.75) is 6.92 Å². The maximum Gasteiger partial charge on any atom is 0.280 e. The molecule has 0 radical (unpaired) electrons. The van der Waals surface area contributed by atoms with Crippen molar-refractivity contribution in [3.05, 3.63) is 63.6 Å². The normalized spacial score (nSPS) is 18.8. The van der Waals surface area contributed by atoms with Gasteiger partial charge in [-0.15, -0.1) is 0 Å². The van der Waals surface area contributed by atoms with Crippen molar-refractivity contribution in [2.75, 3.05) is 36.2 Å². The fraction of sp³-hybridized carbons (Fsp3) is 0.238. The molecule has 7 heteroatoms. The Hall–Kier alpha value is -2.34. The van der Waals surface area contributed by atoms with Gasteiger partial charge in [0.2, 0.25) is 0 Å². The lowest BCUT2D eigenvalue weighted by Gasteiger charge is -2.28. The second kappa shape index (κ2) is 7.95. The van der Waals surface area contributed by atoms with Crippen LogP contribution >= 0.6 is 23.2 Å². The van der Waals surface area contributed by atoms with Crippen LogP contribution in [-0.2, 0) is 9.53 Å². The maximum atomic E-state index is 12.9. The zero-order valence-electron chi connectivity index (χ0n) is 15.4. The summed E-state index contributed by atoms with van der Waals surface area (Å²) in [6, 6.07) is 13.2. The van der Waals surface area contributed by atoms with Gasteiger partial charge in [-0.25, -0.2) is 0 Å². The summed E-state index contributed by atoms with van der Waals surface area (Å²) in [7, 11) is 0. The molecule has 2 aliphatic heterocycles.